The Morgan fingerprint density at radius 3 is 2.65 bits per heavy atom. The number of carboxylic acid groups (broad SMARTS) is 1. The van der Waals surface area contributed by atoms with Gasteiger partial charge in [-0.05, 0) is 12.1 Å². The molecule has 0 spiro atoms. The van der Waals surface area contributed by atoms with Crippen molar-refractivity contribution in [3.8, 4) is 0 Å². The number of carboxylic acids is 1. The lowest BCUT2D eigenvalue weighted by Crippen LogP contribution is -2.21. The van der Waals surface area contributed by atoms with Crippen molar-refractivity contribution in [2.75, 3.05) is 25.1 Å². The number of carbonyl (C=O) groups is 1. The summed E-state index contributed by atoms with van der Waals surface area (Å²) in [6, 6.07) is 3.81. The van der Waals surface area contributed by atoms with Gasteiger partial charge in [0.05, 0.1) is 11.5 Å². The quantitative estimate of drug-likeness (QED) is 0.580. The largest absolute Gasteiger partial charge is 0.477 e. The predicted molar refractivity (Wildman–Crippen MR) is 60.4 cm³/mol. The summed E-state index contributed by atoms with van der Waals surface area (Å²) < 4.78 is 0. The highest BCUT2D eigenvalue weighted by Gasteiger charge is 2.20. The Labute approximate surface area is 97.1 Å². The molecule has 0 fully saturated rings. The number of aliphatic hydroxyl groups is 1. The van der Waals surface area contributed by atoms with Gasteiger partial charge in [0.25, 0.3) is 5.69 Å². The topological polar surface area (TPSA) is 104 Å². The van der Waals surface area contributed by atoms with E-state index >= 15 is 0 Å². The maximum absolute atomic E-state index is 10.9. The second-order valence-electron chi connectivity index (χ2n) is 3.41. The minimum Gasteiger partial charge on any atom is -0.477 e. The van der Waals surface area contributed by atoms with Gasteiger partial charge >= 0.3 is 5.97 Å². The second-order valence-corrected chi connectivity index (χ2v) is 3.41. The van der Waals surface area contributed by atoms with E-state index in [0.717, 1.165) is 6.07 Å². The highest BCUT2D eigenvalue weighted by Crippen LogP contribution is 2.24. The first-order valence-corrected chi connectivity index (χ1v) is 4.81. The molecule has 0 saturated heterocycles. The Hall–Kier alpha value is -2.15. The molecule has 0 radical (unpaired) electrons. The zero-order valence-electron chi connectivity index (χ0n) is 9.16. The van der Waals surface area contributed by atoms with Crippen LogP contribution in [0.25, 0.3) is 0 Å². The molecule has 1 aromatic rings. The summed E-state index contributed by atoms with van der Waals surface area (Å²) in [6.45, 7) is 0.229. The van der Waals surface area contributed by atoms with Crippen LogP contribution in [0.1, 0.15) is 10.4 Å². The van der Waals surface area contributed by atoms with E-state index in [0.29, 0.717) is 12.2 Å². The minimum atomic E-state index is -1.35. The van der Waals surface area contributed by atoms with Crippen molar-refractivity contribution in [3.05, 3.63) is 33.9 Å². The summed E-state index contributed by atoms with van der Waals surface area (Å²) in [5.41, 5.74) is -0.307. The van der Waals surface area contributed by atoms with Gasteiger partial charge in [-0.3, -0.25) is 10.1 Å². The summed E-state index contributed by atoms with van der Waals surface area (Å²) in [5, 5.41) is 28.3. The molecule has 1 aromatic carbocycles. The first-order chi connectivity index (χ1) is 7.97. The van der Waals surface area contributed by atoms with Crippen LogP contribution in [-0.2, 0) is 0 Å². The van der Waals surface area contributed by atoms with E-state index in [9.17, 15) is 14.9 Å². The Morgan fingerprint density at radius 2 is 2.18 bits per heavy atom. The molecule has 0 aliphatic rings. The van der Waals surface area contributed by atoms with Crippen LogP contribution in [0.4, 0.5) is 11.4 Å². The highest BCUT2D eigenvalue weighted by atomic mass is 16.6. The normalized spacial score (nSPS) is 10.0. The fourth-order valence-corrected chi connectivity index (χ4v) is 1.37. The van der Waals surface area contributed by atoms with Crippen molar-refractivity contribution >= 4 is 17.3 Å². The highest BCUT2D eigenvalue weighted by molar-refractivity contribution is 5.93. The third kappa shape index (κ3) is 2.91. The molecule has 0 aromatic heterocycles. The molecule has 0 heterocycles. The van der Waals surface area contributed by atoms with E-state index in [1.54, 1.807) is 11.9 Å². The van der Waals surface area contributed by atoms with E-state index in [-0.39, 0.29) is 12.2 Å². The molecule has 1 rings (SSSR count). The van der Waals surface area contributed by atoms with Crippen LogP contribution >= 0.6 is 0 Å². The number of rotatable bonds is 5. The van der Waals surface area contributed by atoms with Gasteiger partial charge in [0.1, 0.15) is 5.56 Å². The van der Waals surface area contributed by atoms with Crippen molar-refractivity contribution < 1.29 is 19.9 Å². The molecule has 0 saturated carbocycles. The van der Waals surface area contributed by atoms with Crippen LogP contribution < -0.4 is 4.90 Å². The molecule has 17 heavy (non-hydrogen) atoms. The number of nitrogens with zero attached hydrogens (tertiary/aromatic N) is 2. The number of anilines is 1. The lowest BCUT2D eigenvalue weighted by molar-refractivity contribution is -0.385. The van der Waals surface area contributed by atoms with Crippen LogP contribution in [-0.4, -0.2) is 41.3 Å². The van der Waals surface area contributed by atoms with Gasteiger partial charge in [0, 0.05) is 25.3 Å². The minimum absolute atomic E-state index is 0.0874. The average Bonchev–Trinajstić information content (AvgIpc) is 2.28. The van der Waals surface area contributed by atoms with Crippen LogP contribution in [0.5, 0.6) is 0 Å². The molecule has 92 valence electrons. The van der Waals surface area contributed by atoms with Gasteiger partial charge < -0.3 is 15.1 Å². The molecule has 0 amide bonds. The lowest BCUT2D eigenvalue weighted by Gasteiger charge is -2.18. The third-order valence-corrected chi connectivity index (χ3v) is 2.28. The summed E-state index contributed by atoms with van der Waals surface area (Å²) in [7, 11) is 1.66. The number of nitro benzene ring substituents is 1. The van der Waals surface area contributed by atoms with Gasteiger partial charge in [-0.2, -0.15) is 0 Å². The Kier molecular flexibility index (Phi) is 4.00. The van der Waals surface area contributed by atoms with Crippen LogP contribution in [0.2, 0.25) is 0 Å². The molecule has 0 unspecified atom stereocenters. The smallest absolute Gasteiger partial charge is 0.342 e. The summed E-state index contributed by atoms with van der Waals surface area (Å²) in [4.78, 5) is 22.4. The molecule has 7 nitrogen and oxygen atoms in total. The lowest BCUT2D eigenvalue weighted by atomic mass is 10.1. The van der Waals surface area contributed by atoms with E-state index < -0.39 is 16.6 Å². The van der Waals surface area contributed by atoms with Crippen molar-refractivity contribution in [2.45, 2.75) is 0 Å². The number of aromatic carboxylic acids is 1. The molecule has 7 heteroatoms. The van der Waals surface area contributed by atoms with Gasteiger partial charge in [-0.1, -0.05) is 0 Å². The summed E-state index contributed by atoms with van der Waals surface area (Å²) in [5.74, 6) is -1.35. The standard InChI is InChI=1S/C10H12N2O5/c1-11(4-5-13)7-2-3-9(12(16)17)8(6-7)10(14)15/h2-3,6,13H,4-5H2,1H3,(H,14,15). The zero-order chi connectivity index (χ0) is 13.0. The number of hydrogen-bond acceptors (Lipinski definition) is 5. The number of nitro groups is 1. The molecule has 0 aliphatic carbocycles. The SMILES string of the molecule is CN(CCO)c1ccc([N+](=O)[O-])c(C(=O)O)c1. The number of aliphatic hydroxyl groups excluding tert-OH is 1. The molecule has 0 bridgehead atoms. The molecule has 0 aliphatic heterocycles. The Bertz CT molecular complexity index is 446. The van der Waals surface area contributed by atoms with E-state index in [1.165, 1.54) is 12.1 Å². The van der Waals surface area contributed by atoms with Crippen molar-refractivity contribution in [1.29, 1.82) is 0 Å². The average molecular weight is 240 g/mol. The number of likely N-dealkylation sites (N-methyl/N-ethyl adjacent to an activating group) is 1. The van der Waals surface area contributed by atoms with Gasteiger partial charge in [-0.25, -0.2) is 4.79 Å². The van der Waals surface area contributed by atoms with Crippen LogP contribution in [0, 0.1) is 10.1 Å². The predicted octanol–water partition coefficient (Wildman–Crippen LogP) is 0.721. The van der Waals surface area contributed by atoms with Crippen LogP contribution in [0.15, 0.2) is 18.2 Å². The number of benzene rings is 1. The Morgan fingerprint density at radius 1 is 1.53 bits per heavy atom. The molecule has 0 atom stereocenters. The van der Waals surface area contributed by atoms with Crippen molar-refractivity contribution in [2.24, 2.45) is 0 Å². The fourth-order valence-electron chi connectivity index (χ4n) is 1.37. The summed E-state index contributed by atoms with van der Waals surface area (Å²) >= 11 is 0. The monoisotopic (exact) mass is 240 g/mol. The zero-order valence-corrected chi connectivity index (χ0v) is 9.16. The van der Waals surface area contributed by atoms with Gasteiger partial charge in [0.15, 0.2) is 0 Å². The first kappa shape index (κ1) is 12.9. The first-order valence-electron chi connectivity index (χ1n) is 4.81. The van der Waals surface area contributed by atoms with Gasteiger partial charge in [-0.15, -0.1) is 0 Å². The Balaban J connectivity index is 3.18. The molecular formula is C10H12N2O5. The number of hydrogen-bond donors (Lipinski definition) is 2. The molecular weight excluding hydrogens is 228 g/mol. The van der Waals surface area contributed by atoms with Crippen molar-refractivity contribution in [3.63, 3.8) is 0 Å². The molecule has 2 N–H and O–H groups in total. The second kappa shape index (κ2) is 5.26. The van der Waals surface area contributed by atoms with E-state index in [1.807, 2.05) is 0 Å². The third-order valence-electron chi connectivity index (χ3n) is 2.28. The summed E-state index contributed by atoms with van der Waals surface area (Å²) in [6.07, 6.45) is 0. The van der Waals surface area contributed by atoms with Crippen molar-refractivity contribution in [1.82, 2.24) is 0 Å². The van der Waals surface area contributed by atoms with Crippen LogP contribution in [0.3, 0.4) is 0 Å². The maximum Gasteiger partial charge on any atom is 0.342 e. The van der Waals surface area contributed by atoms with E-state index in [2.05, 4.69) is 0 Å². The van der Waals surface area contributed by atoms with E-state index in [4.69, 9.17) is 10.2 Å². The fraction of sp³-hybridized carbons (Fsp3) is 0.300. The maximum atomic E-state index is 10.9. The van der Waals surface area contributed by atoms with Gasteiger partial charge in [0.2, 0.25) is 0 Å².